The van der Waals surface area contributed by atoms with Gasteiger partial charge in [0.05, 0.1) is 18.4 Å². The van der Waals surface area contributed by atoms with E-state index in [1.165, 1.54) is 17.3 Å². The summed E-state index contributed by atoms with van der Waals surface area (Å²) in [6.45, 7) is 1.13. The minimum absolute atomic E-state index is 0.0728. The van der Waals surface area contributed by atoms with Crippen LogP contribution in [0.4, 0.5) is 0 Å². The first-order chi connectivity index (χ1) is 16.6. The van der Waals surface area contributed by atoms with Crippen molar-refractivity contribution in [3.8, 4) is 17.1 Å². The van der Waals surface area contributed by atoms with E-state index in [2.05, 4.69) is 32.2 Å². The first-order valence-corrected chi connectivity index (χ1v) is 12.2. The molecule has 1 heterocycles. The number of carbonyl (C=O) groups is 1. The number of methoxy groups -OCH3 is 1. The Bertz CT molecular complexity index is 1230. The van der Waals surface area contributed by atoms with E-state index >= 15 is 0 Å². The van der Waals surface area contributed by atoms with Gasteiger partial charge in [-0.2, -0.15) is 0 Å². The number of ether oxygens (including phenoxy) is 1. The zero-order valence-corrected chi connectivity index (χ0v) is 20.4. The molecule has 0 atom stereocenters. The van der Waals surface area contributed by atoms with Crippen LogP contribution in [-0.4, -0.2) is 33.5 Å². The van der Waals surface area contributed by atoms with Crippen molar-refractivity contribution < 1.29 is 9.53 Å². The monoisotopic (exact) mass is 492 g/mol. The molecule has 0 unspecified atom stereocenters. The SMILES string of the molecule is COc1ccccc1-c1nnc(SCC(=O)NCc2ccc(Cl)cc2)n1CCc1ccccc1. The number of benzene rings is 3. The number of thioether (sulfide) groups is 1. The van der Waals surface area contributed by atoms with Gasteiger partial charge in [-0.15, -0.1) is 10.2 Å². The van der Waals surface area contributed by atoms with Gasteiger partial charge < -0.3 is 14.6 Å². The fourth-order valence-corrected chi connectivity index (χ4v) is 4.42. The van der Waals surface area contributed by atoms with Crippen LogP contribution in [-0.2, 0) is 24.3 Å². The van der Waals surface area contributed by atoms with Crippen LogP contribution in [0.25, 0.3) is 11.4 Å². The maximum atomic E-state index is 12.5. The second-order valence-electron chi connectivity index (χ2n) is 7.59. The first-order valence-electron chi connectivity index (χ1n) is 10.9. The highest BCUT2D eigenvalue weighted by molar-refractivity contribution is 7.99. The Hall–Kier alpha value is -3.29. The Morgan fingerprint density at radius 2 is 1.71 bits per heavy atom. The van der Waals surface area contributed by atoms with E-state index in [1.807, 2.05) is 66.7 Å². The number of aromatic nitrogens is 3. The summed E-state index contributed by atoms with van der Waals surface area (Å²) in [5.41, 5.74) is 3.08. The standard InChI is InChI=1S/C26H25ClN4O2S/c1-33-23-10-6-5-9-22(23)25-29-30-26(31(25)16-15-19-7-3-2-4-8-19)34-18-24(32)28-17-20-11-13-21(27)14-12-20/h2-14H,15-18H2,1H3,(H,28,32). The van der Waals surface area contributed by atoms with Crippen LogP contribution in [0.15, 0.2) is 84.0 Å². The van der Waals surface area contributed by atoms with Crippen molar-refractivity contribution in [2.24, 2.45) is 0 Å². The third-order valence-electron chi connectivity index (χ3n) is 5.27. The Balaban J connectivity index is 1.48. The number of hydrogen-bond donors (Lipinski definition) is 1. The van der Waals surface area contributed by atoms with Gasteiger partial charge in [0.2, 0.25) is 5.91 Å². The molecule has 4 rings (SSSR count). The summed E-state index contributed by atoms with van der Waals surface area (Å²) in [6.07, 6.45) is 0.817. The predicted molar refractivity (Wildman–Crippen MR) is 136 cm³/mol. The summed E-state index contributed by atoms with van der Waals surface area (Å²) in [7, 11) is 1.64. The van der Waals surface area contributed by atoms with Crippen LogP contribution in [0.1, 0.15) is 11.1 Å². The van der Waals surface area contributed by atoms with Crippen LogP contribution in [0.5, 0.6) is 5.75 Å². The molecule has 174 valence electrons. The van der Waals surface area contributed by atoms with E-state index in [4.69, 9.17) is 16.3 Å². The van der Waals surface area contributed by atoms with Gasteiger partial charge >= 0.3 is 0 Å². The lowest BCUT2D eigenvalue weighted by atomic mass is 10.1. The molecular formula is C26H25ClN4O2S. The van der Waals surface area contributed by atoms with E-state index in [-0.39, 0.29) is 11.7 Å². The number of rotatable bonds is 10. The van der Waals surface area contributed by atoms with Crippen molar-refractivity contribution >= 4 is 29.3 Å². The maximum absolute atomic E-state index is 12.5. The minimum atomic E-state index is -0.0728. The third-order valence-corrected chi connectivity index (χ3v) is 6.49. The molecule has 4 aromatic rings. The third kappa shape index (κ3) is 6.18. The molecule has 0 spiro atoms. The van der Waals surface area contributed by atoms with E-state index in [1.54, 1.807) is 7.11 Å². The number of hydrogen-bond acceptors (Lipinski definition) is 5. The molecule has 0 aliphatic heterocycles. The lowest BCUT2D eigenvalue weighted by molar-refractivity contribution is -0.118. The molecule has 1 amide bonds. The van der Waals surface area contributed by atoms with E-state index in [9.17, 15) is 4.79 Å². The largest absolute Gasteiger partial charge is 0.496 e. The number of amides is 1. The summed E-state index contributed by atoms with van der Waals surface area (Å²) >= 11 is 7.30. The molecule has 3 aromatic carbocycles. The molecule has 0 saturated carbocycles. The zero-order valence-electron chi connectivity index (χ0n) is 18.8. The highest BCUT2D eigenvalue weighted by atomic mass is 35.5. The van der Waals surface area contributed by atoms with Gasteiger partial charge in [0.15, 0.2) is 11.0 Å². The van der Waals surface area contributed by atoms with Crippen LogP contribution in [0.3, 0.4) is 0 Å². The topological polar surface area (TPSA) is 69.0 Å². The number of carbonyl (C=O) groups excluding carboxylic acids is 1. The Kier molecular flexibility index (Phi) is 8.22. The molecule has 34 heavy (non-hydrogen) atoms. The molecule has 0 fully saturated rings. The Labute approximate surface area is 208 Å². The summed E-state index contributed by atoms with van der Waals surface area (Å²) < 4.78 is 7.60. The molecule has 1 N–H and O–H groups in total. The van der Waals surface area contributed by atoms with Crippen LogP contribution in [0, 0.1) is 0 Å². The van der Waals surface area contributed by atoms with Crippen molar-refractivity contribution in [2.45, 2.75) is 24.7 Å². The number of halogens is 1. The molecule has 0 aliphatic carbocycles. The van der Waals surface area contributed by atoms with Crippen molar-refractivity contribution in [3.63, 3.8) is 0 Å². The average molecular weight is 493 g/mol. The van der Waals surface area contributed by atoms with E-state index in [0.29, 0.717) is 23.3 Å². The lowest BCUT2D eigenvalue weighted by Crippen LogP contribution is -2.24. The second kappa shape index (κ2) is 11.7. The van der Waals surface area contributed by atoms with E-state index < -0.39 is 0 Å². The quantitative estimate of drug-likeness (QED) is 0.306. The summed E-state index contributed by atoms with van der Waals surface area (Å²) in [4.78, 5) is 12.5. The fourth-order valence-electron chi connectivity index (χ4n) is 3.50. The molecule has 8 heteroatoms. The number of para-hydroxylation sites is 1. The van der Waals surface area contributed by atoms with Gasteiger partial charge in [0, 0.05) is 18.1 Å². The molecule has 0 bridgehead atoms. The van der Waals surface area contributed by atoms with Crippen LogP contribution in [0.2, 0.25) is 5.02 Å². The average Bonchev–Trinajstić information content (AvgIpc) is 3.29. The Morgan fingerprint density at radius 1 is 0.971 bits per heavy atom. The molecule has 0 radical (unpaired) electrons. The van der Waals surface area contributed by atoms with Gasteiger partial charge in [0.1, 0.15) is 5.75 Å². The number of aryl methyl sites for hydroxylation is 1. The molecule has 1 aromatic heterocycles. The van der Waals surface area contributed by atoms with Crippen molar-refractivity contribution in [3.05, 3.63) is 95.0 Å². The van der Waals surface area contributed by atoms with Gasteiger partial charge in [0.25, 0.3) is 0 Å². The fraction of sp³-hybridized carbons (Fsp3) is 0.192. The highest BCUT2D eigenvalue weighted by Crippen LogP contribution is 2.31. The summed E-state index contributed by atoms with van der Waals surface area (Å²) in [5, 5.41) is 13.2. The van der Waals surface area contributed by atoms with Crippen molar-refractivity contribution in [1.29, 1.82) is 0 Å². The lowest BCUT2D eigenvalue weighted by Gasteiger charge is -2.12. The molecule has 6 nitrogen and oxygen atoms in total. The van der Waals surface area contributed by atoms with Crippen LogP contribution >= 0.6 is 23.4 Å². The van der Waals surface area contributed by atoms with E-state index in [0.717, 1.165) is 29.1 Å². The number of nitrogens with zero attached hydrogens (tertiary/aromatic N) is 3. The minimum Gasteiger partial charge on any atom is -0.496 e. The smallest absolute Gasteiger partial charge is 0.230 e. The van der Waals surface area contributed by atoms with Gasteiger partial charge in [-0.3, -0.25) is 4.79 Å². The first kappa shape index (κ1) is 23.9. The highest BCUT2D eigenvalue weighted by Gasteiger charge is 2.18. The van der Waals surface area contributed by atoms with Gasteiger partial charge in [-0.05, 0) is 41.8 Å². The Morgan fingerprint density at radius 3 is 2.47 bits per heavy atom. The number of nitrogens with one attached hydrogen (secondary N) is 1. The predicted octanol–water partition coefficient (Wildman–Crippen LogP) is 5.26. The van der Waals surface area contributed by atoms with Crippen LogP contribution < -0.4 is 10.1 Å². The molecular weight excluding hydrogens is 468 g/mol. The molecule has 0 saturated heterocycles. The molecule has 0 aliphatic rings. The summed E-state index contributed by atoms with van der Waals surface area (Å²) in [6, 6.07) is 25.4. The maximum Gasteiger partial charge on any atom is 0.230 e. The van der Waals surface area contributed by atoms with Crippen molar-refractivity contribution in [2.75, 3.05) is 12.9 Å². The van der Waals surface area contributed by atoms with Gasteiger partial charge in [-0.1, -0.05) is 78.0 Å². The normalized spacial score (nSPS) is 10.8. The van der Waals surface area contributed by atoms with Crippen molar-refractivity contribution in [1.82, 2.24) is 20.1 Å². The van der Waals surface area contributed by atoms with Gasteiger partial charge in [-0.25, -0.2) is 0 Å². The second-order valence-corrected chi connectivity index (χ2v) is 8.96. The summed E-state index contributed by atoms with van der Waals surface area (Å²) in [5.74, 6) is 1.62. The zero-order chi connectivity index (χ0) is 23.8.